The van der Waals surface area contributed by atoms with Crippen molar-refractivity contribution in [3.8, 4) is 0 Å². The van der Waals surface area contributed by atoms with E-state index in [1.165, 1.54) is 5.01 Å². The van der Waals surface area contributed by atoms with Gasteiger partial charge in [-0.25, -0.2) is 23.4 Å². The predicted molar refractivity (Wildman–Crippen MR) is 123 cm³/mol. The van der Waals surface area contributed by atoms with Crippen molar-refractivity contribution in [3.05, 3.63) is 71.3 Å². The van der Waals surface area contributed by atoms with Crippen molar-refractivity contribution in [1.29, 1.82) is 0 Å². The number of rotatable bonds is 2. The highest BCUT2D eigenvalue weighted by atomic mass is 19.1. The van der Waals surface area contributed by atoms with Gasteiger partial charge in [0, 0.05) is 38.2 Å². The summed E-state index contributed by atoms with van der Waals surface area (Å²) in [6, 6.07) is 11.8. The van der Waals surface area contributed by atoms with Crippen LogP contribution in [0.2, 0.25) is 0 Å². The first-order chi connectivity index (χ1) is 16.1. The summed E-state index contributed by atoms with van der Waals surface area (Å²) in [5.41, 5.74) is 0.608. The number of ether oxygens (including phenoxy) is 1. The minimum Gasteiger partial charge on any atom is -0.444 e. The number of amides is 3. The standard InChI is InChI=1S/C25H28F2N4O3/c1-25(2,3)34-24(33)30-13-11-29(12-14-30)23(32)31-22(17-7-5-4-6-8-17)16-21(28-31)19-15-18(26)9-10-20(19)27/h4-10,15,22H,11-14,16H2,1-3H3. The summed E-state index contributed by atoms with van der Waals surface area (Å²) in [4.78, 5) is 29.0. The van der Waals surface area contributed by atoms with Crippen LogP contribution >= 0.6 is 0 Å². The molecule has 0 bridgehead atoms. The van der Waals surface area contributed by atoms with E-state index in [0.717, 1.165) is 23.8 Å². The van der Waals surface area contributed by atoms with Crippen LogP contribution in [0.5, 0.6) is 0 Å². The quantitative estimate of drug-likeness (QED) is 0.634. The van der Waals surface area contributed by atoms with E-state index in [0.29, 0.717) is 31.9 Å². The first-order valence-electron chi connectivity index (χ1n) is 11.3. The zero-order valence-electron chi connectivity index (χ0n) is 19.5. The molecule has 1 fully saturated rings. The van der Waals surface area contributed by atoms with E-state index in [1.54, 1.807) is 30.6 Å². The molecule has 0 saturated carbocycles. The van der Waals surface area contributed by atoms with Gasteiger partial charge in [-0.3, -0.25) is 0 Å². The molecule has 0 spiro atoms. The molecule has 0 aliphatic carbocycles. The van der Waals surface area contributed by atoms with Crippen LogP contribution in [0, 0.1) is 11.6 Å². The maximum atomic E-state index is 14.5. The number of urea groups is 1. The number of halogens is 2. The van der Waals surface area contributed by atoms with Crippen LogP contribution in [0.3, 0.4) is 0 Å². The van der Waals surface area contributed by atoms with Crippen LogP contribution < -0.4 is 0 Å². The molecule has 7 nitrogen and oxygen atoms in total. The highest BCUT2D eigenvalue weighted by Gasteiger charge is 2.37. The molecule has 4 rings (SSSR count). The fourth-order valence-electron chi connectivity index (χ4n) is 4.05. The second-order valence-corrected chi connectivity index (χ2v) is 9.38. The van der Waals surface area contributed by atoms with Gasteiger partial charge in [-0.2, -0.15) is 5.10 Å². The van der Waals surface area contributed by atoms with Crippen LogP contribution in [0.25, 0.3) is 0 Å². The average molecular weight is 471 g/mol. The predicted octanol–water partition coefficient (Wildman–Crippen LogP) is 4.79. The molecule has 180 valence electrons. The maximum Gasteiger partial charge on any atom is 0.410 e. The Bertz CT molecular complexity index is 1090. The Balaban J connectivity index is 1.54. The number of carbonyl (C=O) groups is 2. The van der Waals surface area contributed by atoms with Gasteiger partial charge >= 0.3 is 12.1 Å². The van der Waals surface area contributed by atoms with E-state index in [2.05, 4.69) is 5.10 Å². The molecule has 1 saturated heterocycles. The summed E-state index contributed by atoms with van der Waals surface area (Å²) in [6.45, 7) is 6.71. The smallest absolute Gasteiger partial charge is 0.410 e. The molecular weight excluding hydrogens is 442 g/mol. The van der Waals surface area contributed by atoms with E-state index in [1.807, 2.05) is 30.3 Å². The lowest BCUT2D eigenvalue weighted by molar-refractivity contribution is 0.0154. The maximum absolute atomic E-state index is 14.5. The molecule has 9 heteroatoms. The van der Waals surface area contributed by atoms with Crippen molar-refractivity contribution in [3.63, 3.8) is 0 Å². The molecule has 2 aromatic rings. The summed E-state index contributed by atoms with van der Waals surface area (Å²) in [5, 5.41) is 5.79. The molecule has 3 amide bonds. The third kappa shape index (κ3) is 5.18. The number of carbonyl (C=O) groups excluding carboxylic acids is 2. The lowest BCUT2D eigenvalue weighted by Crippen LogP contribution is -2.54. The van der Waals surface area contributed by atoms with Gasteiger partial charge in [0.2, 0.25) is 0 Å². The van der Waals surface area contributed by atoms with Crippen LogP contribution in [0.4, 0.5) is 18.4 Å². The van der Waals surface area contributed by atoms with Gasteiger partial charge in [-0.05, 0) is 44.5 Å². The first kappa shape index (κ1) is 23.7. The zero-order valence-corrected chi connectivity index (χ0v) is 19.5. The largest absolute Gasteiger partial charge is 0.444 e. The molecule has 2 aliphatic rings. The SMILES string of the molecule is CC(C)(C)OC(=O)N1CCN(C(=O)N2N=C(c3cc(F)ccc3F)CC2c2ccccc2)CC1. The van der Waals surface area contributed by atoms with Crippen molar-refractivity contribution in [1.82, 2.24) is 14.8 Å². The third-order valence-corrected chi connectivity index (χ3v) is 5.73. The Morgan fingerprint density at radius 2 is 1.62 bits per heavy atom. The molecule has 2 aliphatic heterocycles. The van der Waals surface area contributed by atoms with Crippen molar-refractivity contribution >= 4 is 17.8 Å². The van der Waals surface area contributed by atoms with E-state index in [-0.39, 0.29) is 18.0 Å². The zero-order chi connectivity index (χ0) is 24.5. The van der Waals surface area contributed by atoms with Gasteiger partial charge in [-0.1, -0.05) is 30.3 Å². The Kier molecular flexibility index (Phi) is 6.54. The number of hydrazone groups is 1. The molecule has 0 aromatic heterocycles. The van der Waals surface area contributed by atoms with Crippen LogP contribution in [-0.2, 0) is 4.74 Å². The highest BCUT2D eigenvalue weighted by molar-refractivity contribution is 6.03. The second-order valence-electron chi connectivity index (χ2n) is 9.38. The molecule has 0 radical (unpaired) electrons. The first-order valence-corrected chi connectivity index (χ1v) is 11.3. The lowest BCUT2D eigenvalue weighted by atomic mass is 9.98. The third-order valence-electron chi connectivity index (χ3n) is 5.73. The van der Waals surface area contributed by atoms with Crippen molar-refractivity contribution in [2.24, 2.45) is 5.10 Å². The molecule has 34 heavy (non-hydrogen) atoms. The normalized spacial score (nSPS) is 18.7. The van der Waals surface area contributed by atoms with Crippen LogP contribution in [0.15, 0.2) is 53.6 Å². The number of piperazine rings is 1. The highest BCUT2D eigenvalue weighted by Crippen LogP contribution is 2.34. The number of hydrogen-bond donors (Lipinski definition) is 0. The Labute approximate surface area is 197 Å². The molecule has 2 aromatic carbocycles. The van der Waals surface area contributed by atoms with Crippen molar-refractivity contribution in [2.75, 3.05) is 26.2 Å². The van der Waals surface area contributed by atoms with Gasteiger partial charge in [0.05, 0.1) is 11.8 Å². The minimum absolute atomic E-state index is 0.0472. The molecule has 0 N–H and O–H groups in total. The fourth-order valence-corrected chi connectivity index (χ4v) is 4.05. The van der Waals surface area contributed by atoms with E-state index >= 15 is 0 Å². The summed E-state index contributed by atoms with van der Waals surface area (Å²) in [7, 11) is 0. The number of hydrogen-bond acceptors (Lipinski definition) is 4. The van der Waals surface area contributed by atoms with Gasteiger partial charge < -0.3 is 14.5 Å². The van der Waals surface area contributed by atoms with Crippen molar-refractivity contribution < 1.29 is 23.1 Å². The minimum atomic E-state index is -0.597. The molecular formula is C25H28F2N4O3. The Morgan fingerprint density at radius 3 is 2.26 bits per heavy atom. The average Bonchev–Trinajstić information content (AvgIpc) is 3.25. The number of nitrogens with zero attached hydrogens (tertiary/aromatic N) is 4. The summed E-state index contributed by atoms with van der Waals surface area (Å²) < 4.78 is 33.7. The number of benzene rings is 2. The molecule has 1 atom stereocenters. The van der Waals surface area contributed by atoms with E-state index in [4.69, 9.17) is 4.74 Å². The monoisotopic (exact) mass is 470 g/mol. The fraction of sp³-hybridized carbons (Fsp3) is 0.400. The molecule has 1 unspecified atom stereocenters. The van der Waals surface area contributed by atoms with Crippen molar-refractivity contribution in [2.45, 2.75) is 38.8 Å². The summed E-state index contributed by atoms with van der Waals surface area (Å²) >= 11 is 0. The van der Waals surface area contributed by atoms with Crippen LogP contribution in [0.1, 0.15) is 44.4 Å². The lowest BCUT2D eigenvalue weighted by Gasteiger charge is -2.37. The van der Waals surface area contributed by atoms with E-state index < -0.39 is 29.4 Å². The Hall–Kier alpha value is -3.49. The van der Waals surface area contributed by atoms with Gasteiger partial charge in [0.1, 0.15) is 17.2 Å². The topological polar surface area (TPSA) is 65.5 Å². The van der Waals surface area contributed by atoms with Gasteiger partial charge in [0.25, 0.3) is 0 Å². The summed E-state index contributed by atoms with van der Waals surface area (Å²) in [6.07, 6.45) is -0.154. The van der Waals surface area contributed by atoms with Gasteiger partial charge in [0.15, 0.2) is 0 Å². The van der Waals surface area contributed by atoms with E-state index in [9.17, 15) is 18.4 Å². The summed E-state index contributed by atoms with van der Waals surface area (Å²) in [5.74, 6) is -1.16. The van der Waals surface area contributed by atoms with Crippen LogP contribution in [-0.4, -0.2) is 64.4 Å². The van der Waals surface area contributed by atoms with Gasteiger partial charge in [-0.15, -0.1) is 0 Å². The second kappa shape index (κ2) is 9.40. The Morgan fingerprint density at radius 1 is 0.971 bits per heavy atom. The molecule has 2 heterocycles.